The number of nitrogens with zero attached hydrogens (tertiary/aromatic N) is 1. The largest absolute Gasteiger partial charge is 0.370 e. The van der Waals surface area contributed by atoms with E-state index in [0.29, 0.717) is 25.0 Å². The quantitative estimate of drug-likeness (QED) is 0.365. The number of guanidine groups is 1. The van der Waals surface area contributed by atoms with Crippen LogP contribution in [-0.2, 0) is 4.79 Å². The molecule has 17 heavy (non-hydrogen) atoms. The summed E-state index contributed by atoms with van der Waals surface area (Å²) in [4.78, 5) is 14.8. The molecule has 5 heteroatoms. The normalized spacial score (nSPS) is 18.0. The topological polar surface area (TPSA) is 93.5 Å². The maximum absolute atomic E-state index is 10.5. The Morgan fingerprint density at radius 3 is 2.53 bits per heavy atom. The summed E-state index contributed by atoms with van der Waals surface area (Å²) in [6.45, 7) is 0.666. The van der Waals surface area contributed by atoms with Gasteiger partial charge in [0, 0.05) is 19.0 Å². The van der Waals surface area contributed by atoms with Crippen molar-refractivity contribution in [2.24, 2.45) is 16.5 Å². The minimum Gasteiger partial charge on any atom is -0.370 e. The van der Waals surface area contributed by atoms with Crippen LogP contribution in [-0.4, -0.2) is 24.5 Å². The Labute approximate surface area is 103 Å². The third-order valence-electron chi connectivity index (χ3n) is 3.07. The van der Waals surface area contributed by atoms with E-state index in [2.05, 4.69) is 10.3 Å². The van der Waals surface area contributed by atoms with Crippen LogP contribution in [0.3, 0.4) is 0 Å². The molecule has 1 aliphatic rings. The Hall–Kier alpha value is -1.26. The van der Waals surface area contributed by atoms with Crippen molar-refractivity contribution >= 4 is 11.9 Å². The number of rotatable bonds is 6. The van der Waals surface area contributed by atoms with Crippen molar-refractivity contribution in [2.45, 2.75) is 57.4 Å². The number of nitrogens with two attached hydrogens (primary N) is 2. The molecule has 0 aliphatic heterocycles. The monoisotopic (exact) mass is 240 g/mol. The number of hydrogen-bond acceptors (Lipinski definition) is 2. The molecule has 1 amide bonds. The average Bonchev–Trinajstić information content (AvgIpc) is 2.29. The van der Waals surface area contributed by atoms with E-state index in [1.54, 1.807) is 0 Å². The molecule has 1 fully saturated rings. The fraction of sp³-hybridized carbons (Fsp3) is 0.833. The number of nitrogens with one attached hydrogen (secondary N) is 1. The van der Waals surface area contributed by atoms with E-state index in [4.69, 9.17) is 11.5 Å². The number of unbranched alkanes of at least 4 members (excludes halogenated alkanes) is 1. The van der Waals surface area contributed by atoms with Crippen LogP contribution in [0.2, 0.25) is 0 Å². The molecular weight excluding hydrogens is 216 g/mol. The summed E-state index contributed by atoms with van der Waals surface area (Å²) in [6.07, 6.45) is 8.36. The molecule has 1 aliphatic carbocycles. The van der Waals surface area contributed by atoms with Gasteiger partial charge in [-0.25, -0.2) is 0 Å². The first-order valence-electron chi connectivity index (χ1n) is 6.53. The number of hydrogen-bond donors (Lipinski definition) is 3. The van der Waals surface area contributed by atoms with Gasteiger partial charge in [0.05, 0.1) is 0 Å². The molecule has 0 spiro atoms. The van der Waals surface area contributed by atoms with Crippen LogP contribution in [0.4, 0.5) is 0 Å². The van der Waals surface area contributed by atoms with Crippen molar-refractivity contribution in [3.05, 3.63) is 0 Å². The van der Waals surface area contributed by atoms with Gasteiger partial charge >= 0.3 is 0 Å². The number of amides is 1. The van der Waals surface area contributed by atoms with E-state index < -0.39 is 0 Å². The third kappa shape index (κ3) is 6.81. The minimum atomic E-state index is -0.248. The second-order valence-electron chi connectivity index (χ2n) is 4.67. The molecule has 0 saturated heterocycles. The Kier molecular flexibility index (Phi) is 6.43. The lowest BCUT2D eigenvalue weighted by molar-refractivity contribution is -0.118. The molecule has 1 rings (SSSR count). The van der Waals surface area contributed by atoms with Crippen LogP contribution < -0.4 is 16.8 Å². The zero-order valence-electron chi connectivity index (χ0n) is 10.5. The number of primary amides is 1. The van der Waals surface area contributed by atoms with Gasteiger partial charge in [0.25, 0.3) is 0 Å². The second-order valence-corrected chi connectivity index (χ2v) is 4.67. The summed E-state index contributed by atoms with van der Waals surface area (Å²) in [7, 11) is 0. The van der Waals surface area contributed by atoms with Crippen molar-refractivity contribution in [1.29, 1.82) is 0 Å². The lowest BCUT2D eigenvalue weighted by atomic mass is 9.96. The van der Waals surface area contributed by atoms with Gasteiger partial charge in [0.15, 0.2) is 5.96 Å². The van der Waals surface area contributed by atoms with Crippen molar-refractivity contribution in [2.75, 3.05) is 6.54 Å². The SMILES string of the molecule is NC(=O)CCCCN=C(N)NC1CCCCC1. The highest BCUT2D eigenvalue weighted by Gasteiger charge is 2.12. The fourth-order valence-electron chi connectivity index (χ4n) is 2.11. The molecule has 0 aromatic heterocycles. The van der Waals surface area contributed by atoms with E-state index >= 15 is 0 Å². The first-order valence-corrected chi connectivity index (χ1v) is 6.53. The first-order chi connectivity index (χ1) is 8.18. The van der Waals surface area contributed by atoms with Gasteiger partial charge in [-0.15, -0.1) is 0 Å². The number of carbonyl (C=O) groups is 1. The van der Waals surface area contributed by atoms with Crippen molar-refractivity contribution in [3.63, 3.8) is 0 Å². The highest BCUT2D eigenvalue weighted by molar-refractivity contribution is 5.78. The summed E-state index contributed by atoms with van der Waals surface area (Å²) in [5, 5.41) is 3.25. The molecule has 0 atom stereocenters. The molecule has 0 radical (unpaired) electrons. The second kappa shape index (κ2) is 7.92. The van der Waals surface area contributed by atoms with E-state index in [9.17, 15) is 4.79 Å². The molecular formula is C12H24N4O. The molecule has 0 unspecified atom stereocenters. The lowest BCUT2D eigenvalue weighted by Gasteiger charge is -2.23. The van der Waals surface area contributed by atoms with E-state index in [1.165, 1.54) is 32.1 Å². The molecule has 0 heterocycles. The summed E-state index contributed by atoms with van der Waals surface area (Å²) >= 11 is 0. The molecule has 5 N–H and O–H groups in total. The molecule has 5 nitrogen and oxygen atoms in total. The van der Waals surface area contributed by atoms with Gasteiger partial charge in [0.1, 0.15) is 0 Å². The summed E-state index contributed by atoms with van der Waals surface area (Å²) in [5.74, 6) is 0.290. The van der Waals surface area contributed by atoms with Gasteiger partial charge in [-0.2, -0.15) is 0 Å². The lowest BCUT2D eigenvalue weighted by Crippen LogP contribution is -2.41. The van der Waals surface area contributed by atoms with Gasteiger partial charge in [-0.05, 0) is 25.7 Å². The summed E-state index contributed by atoms with van der Waals surface area (Å²) in [5.41, 5.74) is 10.8. The molecule has 98 valence electrons. The van der Waals surface area contributed by atoms with Crippen molar-refractivity contribution < 1.29 is 4.79 Å². The van der Waals surface area contributed by atoms with E-state index in [1.807, 2.05) is 0 Å². The molecule has 1 saturated carbocycles. The van der Waals surface area contributed by atoms with E-state index in [0.717, 1.165) is 12.8 Å². The van der Waals surface area contributed by atoms with Crippen LogP contribution >= 0.6 is 0 Å². The highest BCUT2D eigenvalue weighted by Crippen LogP contribution is 2.16. The standard InChI is InChI=1S/C12H24N4O/c13-11(17)8-4-5-9-15-12(14)16-10-6-2-1-3-7-10/h10H,1-9H2,(H2,13,17)(H3,14,15,16). The minimum absolute atomic E-state index is 0.248. The summed E-state index contributed by atoms with van der Waals surface area (Å²) < 4.78 is 0. The van der Waals surface area contributed by atoms with Gasteiger partial charge in [-0.1, -0.05) is 19.3 Å². The fourth-order valence-corrected chi connectivity index (χ4v) is 2.11. The third-order valence-corrected chi connectivity index (χ3v) is 3.07. The smallest absolute Gasteiger partial charge is 0.217 e. The predicted molar refractivity (Wildman–Crippen MR) is 69.5 cm³/mol. The predicted octanol–water partition coefficient (Wildman–Crippen LogP) is 0.879. The Bertz CT molecular complexity index is 259. The summed E-state index contributed by atoms with van der Waals surface area (Å²) in [6, 6.07) is 0.498. The van der Waals surface area contributed by atoms with Crippen LogP contribution in [0.15, 0.2) is 4.99 Å². The Morgan fingerprint density at radius 1 is 1.18 bits per heavy atom. The van der Waals surface area contributed by atoms with Crippen LogP contribution in [0, 0.1) is 0 Å². The van der Waals surface area contributed by atoms with Gasteiger partial charge in [-0.3, -0.25) is 9.79 Å². The maximum Gasteiger partial charge on any atom is 0.217 e. The first kappa shape index (κ1) is 13.8. The molecule has 0 aromatic rings. The maximum atomic E-state index is 10.5. The Morgan fingerprint density at radius 2 is 1.88 bits per heavy atom. The van der Waals surface area contributed by atoms with Crippen LogP contribution in [0.5, 0.6) is 0 Å². The Balaban J connectivity index is 2.09. The van der Waals surface area contributed by atoms with Crippen molar-refractivity contribution in [3.8, 4) is 0 Å². The highest BCUT2D eigenvalue weighted by atomic mass is 16.1. The average molecular weight is 240 g/mol. The number of carbonyl (C=O) groups excluding carboxylic acids is 1. The van der Waals surface area contributed by atoms with Gasteiger partial charge in [0.2, 0.25) is 5.91 Å². The van der Waals surface area contributed by atoms with Crippen LogP contribution in [0.1, 0.15) is 51.4 Å². The van der Waals surface area contributed by atoms with E-state index in [-0.39, 0.29) is 5.91 Å². The molecule has 0 aromatic carbocycles. The number of aliphatic imine (C=N–C) groups is 1. The zero-order chi connectivity index (χ0) is 12.5. The van der Waals surface area contributed by atoms with Crippen molar-refractivity contribution in [1.82, 2.24) is 5.32 Å². The van der Waals surface area contributed by atoms with Crippen LogP contribution in [0.25, 0.3) is 0 Å². The van der Waals surface area contributed by atoms with Gasteiger partial charge < -0.3 is 16.8 Å². The molecule has 0 bridgehead atoms. The zero-order valence-corrected chi connectivity index (χ0v) is 10.5.